The molecule has 2 aliphatic heterocycles. The van der Waals surface area contributed by atoms with Crippen LogP contribution in [0.4, 0.5) is 0 Å². The van der Waals surface area contributed by atoms with Crippen molar-refractivity contribution in [1.29, 1.82) is 0 Å². The number of aliphatic hydroxyl groups is 7. The lowest BCUT2D eigenvalue weighted by Crippen LogP contribution is -2.62. The monoisotopic (exact) mass is 312 g/mol. The van der Waals surface area contributed by atoms with Crippen molar-refractivity contribution in [2.24, 2.45) is 0 Å². The quantitative estimate of drug-likeness (QED) is 0.268. The first-order valence-electron chi connectivity index (χ1n) is 6.48. The van der Waals surface area contributed by atoms with Crippen molar-refractivity contribution in [2.75, 3.05) is 13.2 Å². The minimum absolute atomic E-state index is 0.305. The van der Waals surface area contributed by atoms with Crippen LogP contribution in [-0.4, -0.2) is 104 Å². The van der Waals surface area contributed by atoms with E-state index in [9.17, 15) is 30.6 Å². The Morgan fingerprint density at radius 3 is 2.19 bits per heavy atom. The third kappa shape index (κ3) is 3.35. The Balaban J connectivity index is 2.06. The predicted octanol–water partition coefficient (Wildman–Crippen LogP) is -4.76. The van der Waals surface area contributed by atoms with Gasteiger partial charge in [-0.25, -0.2) is 0 Å². The van der Waals surface area contributed by atoms with Crippen LogP contribution >= 0.6 is 0 Å². The van der Waals surface area contributed by atoms with Crippen LogP contribution in [0.25, 0.3) is 0 Å². The Hall–Kier alpha value is -0.400. The molecule has 2 saturated heterocycles. The van der Waals surface area contributed by atoms with Gasteiger partial charge in [0.2, 0.25) is 0 Å². The van der Waals surface area contributed by atoms with Gasteiger partial charge in [0.1, 0.15) is 42.7 Å². The number of aliphatic hydroxyl groups excluding tert-OH is 7. The highest BCUT2D eigenvalue weighted by molar-refractivity contribution is 4.91. The van der Waals surface area contributed by atoms with E-state index in [1.165, 1.54) is 0 Å². The van der Waals surface area contributed by atoms with Crippen molar-refractivity contribution < 1.29 is 50.0 Å². The smallest absolute Gasteiger partial charge is 0.187 e. The van der Waals surface area contributed by atoms with E-state index in [0.717, 1.165) is 0 Å². The standard InChI is InChI=1S/C11H20O10/c12-1-4-5(14)6(15)7(16)11(20-4)21-9-3(13)2-19-10(18)8(9)17/h3-18H,1-2H2/t3-,4?,5+,6?,7?,8?,9?,10+,11+/m0/s1. The molecule has 21 heavy (non-hydrogen) atoms. The van der Waals surface area contributed by atoms with Gasteiger partial charge in [-0.1, -0.05) is 0 Å². The van der Waals surface area contributed by atoms with Crippen LogP contribution in [0.5, 0.6) is 0 Å². The molecule has 2 heterocycles. The molecule has 2 rings (SSSR count). The summed E-state index contributed by atoms with van der Waals surface area (Å²) >= 11 is 0. The highest BCUT2D eigenvalue weighted by Crippen LogP contribution is 2.26. The number of rotatable bonds is 3. The van der Waals surface area contributed by atoms with Crippen LogP contribution in [0.1, 0.15) is 0 Å². The van der Waals surface area contributed by atoms with Gasteiger partial charge in [-0.05, 0) is 0 Å². The molecule has 0 aromatic rings. The van der Waals surface area contributed by atoms with Gasteiger partial charge >= 0.3 is 0 Å². The third-order valence-electron chi connectivity index (χ3n) is 3.59. The molecule has 0 aromatic carbocycles. The molecule has 0 aromatic heterocycles. The molecule has 5 unspecified atom stereocenters. The van der Waals surface area contributed by atoms with Crippen LogP contribution in [0.3, 0.4) is 0 Å². The Kier molecular flexibility index (Phi) is 5.48. The first kappa shape index (κ1) is 17.0. The predicted molar refractivity (Wildman–Crippen MR) is 62.6 cm³/mol. The van der Waals surface area contributed by atoms with E-state index >= 15 is 0 Å². The van der Waals surface area contributed by atoms with Crippen molar-refractivity contribution in [3.05, 3.63) is 0 Å². The second-order valence-electron chi connectivity index (χ2n) is 5.08. The summed E-state index contributed by atoms with van der Waals surface area (Å²) in [6.45, 7) is -0.938. The van der Waals surface area contributed by atoms with Crippen molar-refractivity contribution in [1.82, 2.24) is 0 Å². The molecule has 0 amide bonds. The maximum atomic E-state index is 9.79. The topological polar surface area (TPSA) is 169 Å². The minimum Gasteiger partial charge on any atom is -0.394 e. The van der Waals surface area contributed by atoms with E-state index in [2.05, 4.69) is 4.74 Å². The lowest BCUT2D eigenvalue weighted by molar-refractivity contribution is -0.345. The molecule has 0 radical (unpaired) electrons. The molecule has 0 saturated carbocycles. The van der Waals surface area contributed by atoms with E-state index in [1.54, 1.807) is 0 Å². The molecule has 7 N–H and O–H groups in total. The number of ether oxygens (including phenoxy) is 3. The first-order valence-corrected chi connectivity index (χ1v) is 6.48. The lowest BCUT2D eigenvalue weighted by Gasteiger charge is -2.43. The summed E-state index contributed by atoms with van der Waals surface area (Å²) < 4.78 is 15.0. The summed E-state index contributed by atoms with van der Waals surface area (Å²) in [7, 11) is 0. The SMILES string of the molecule is OCC1O[C@H](OC2C(O)[C@H](O)OC[C@@H]2O)C(O)C(O)[C@@H]1O. The normalized spacial score (nSPS) is 51.9. The zero-order valence-electron chi connectivity index (χ0n) is 11.0. The highest BCUT2D eigenvalue weighted by atomic mass is 16.7. The van der Waals surface area contributed by atoms with E-state index < -0.39 is 61.9 Å². The summed E-state index contributed by atoms with van der Waals surface area (Å²) in [5.41, 5.74) is 0. The molecular weight excluding hydrogens is 292 g/mol. The van der Waals surface area contributed by atoms with E-state index in [1.807, 2.05) is 0 Å². The summed E-state index contributed by atoms with van der Waals surface area (Å²) in [6.07, 6.45) is -13.3. The molecule has 0 spiro atoms. The van der Waals surface area contributed by atoms with E-state index in [4.69, 9.17) is 14.6 Å². The summed E-state index contributed by atoms with van der Waals surface area (Å²) in [5, 5.41) is 66.8. The molecule has 0 bridgehead atoms. The van der Waals surface area contributed by atoms with Crippen molar-refractivity contribution in [2.45, 2.75) is 55.3 Å². The molecule has 2 fully saturated rings. The van der Waals surface area contributed by atoms with Crippen LogP contribution in [0.2, 0.25) is 0 Å². The average Bonchev–Trinajstić information content (AvgIpc) is 2.47. The van der Waals surface area contributed by atoms with Crippen molar-refractivity contribution >= 4 is 0 Å². The second-order valence-corrected chi connectivity index (χ2v) is 5.08. The lowest BCUT2D eigenvalue weighted by atomic mass is 9.98. The fourth-order valence-electron chi connectivity index (χ4n) is 2.29. The number of hydrogen-bond donors (Lipinski definition) is 7. The van der Waals surface area contributed by atoms with Gasteiger partial charge in [-0.2, -0.15) is 0 Å². The Labute approximate surface area is 119 Å². The largest absolute Gasteiger partial charge is 0.394 e. The second kappa shape index (κ2) is 6.79. The zero-order chi connectivity index (χ0) is 15.7. The Morgan fingerprint density at radius 1 is 0.905 bits per heavy atom. The fourth-order valence-corrected chi connectivity index (χ4v) is 2.29. The van der Waals surface area contributed by atoms with E-state index in [-0.39, 0.29) is 6.61 Å². The maximum absolute atomic E-state index is 9.79. The average molecular weight is 312 g/mol. The Bertz CT molecular complexity index is 339. The van der Waals surface area contributed by atoms with Crippen LogP contribution in [0.15, 0.2) is 0 Å². The van der Waals surface area contributed by atoms with Gasteiger partial charge in [0.15, 0.2) is 12.6 Å². The summed E-state index contributed by atoms with van der Waals surface area (Å²) in [6, 6.07) is 0. The van der Waals surface area contributed by atoms with Gasteiger partial charge in [0.25, 0.3) is 0 Å². The zero-order valence-corrected chi connectivity index (χ0v) is 11.0. The fraction of sp³-hybridized carbons (Fsp3) is 1.00. The minimum atomic E-state index is -1.66. The number of hydrogen-bond acceptors (Lipinski definition) is 10. The third-order valence-corrected chi connectivity index (χ3v) is 3.59. The molecule has 124 valence electrons. The van der Waals surface area contributed by atoms with Gasteiger partial charge in [0.05, 0.1) is 13.2 Å². The van der Waals surface area contributed by atoms with Gasteiger partial charge in [-0.3, -0.25) is 0 Å². The first-order chi connectivity index (χ1) is 9.86. The van der Waals surface area contributed by atoms with Crippen LogP contribution in [0, 0.1) is 0 Å². The van der Waals surface area contributed by atoms with Crippen molar-refractivity contribution in [3.8, 4) is 0 Å². The van der Waals surface area contributed by atoms with Gasteiger partial charge in [0, 0.05) is 0 Å². The summed E-state index contributed by atoms with van der Waals surface area (Å²) in [4.78, 5) is 0. The van der Waals surface area contributed by atoms with Gasteiger partial charge in [-0.15, -0.1) is 0 Å². The summed E-state index contributed by atoms with van der Waals surface area (Å²) in [5.74, 6) is 0. The van der Waals surface area contributed by atoms with Gasteiger partial charge < -0.3 is 50.0 Å². The highest BCUT2D eigenvalue weighted by Gasteiger charge is 2.48. The molecule has 9 atom stereocenters. The van der Waals surface area contributed by atoms with Crippen LogP contribution < -0.4 is 0 Å². The molecule has 0 aliphatic carbocycles. The Morgan fingerprint density at radius 2 is 1.57 bits per heavy atom. The molecule has 2 aliphatic rings. The maximum Gasteiger partial charge on any atom is 0.187 e. The van der Waals surface area contributed by atoms with E-state index in [0.29, 0.717) is 0 Å². The van der Waals surface area contributed by atoms with Crippen LogP contribution in [-0.2, 0) is 14.2 Å². The van der Waals surface area contributed by atoms with Crippen molar-refractivity contribution in [3.63, 3.8) is 0 Å². The molecule has 10 nitrogen and oxygen atoms in total. The molecular formula is C11H20O10. The molecule has 10 heteroatoms.